The monoisotopic (exact) mass is 219 g/mol. The predicted octanol–water partition coefficient (Wildman–Crippen LogP) is 0.832. The standard InChI is InChI=1S/C9H11ClFNO2/c10-6-2-1-5(3-7(6)11)9(14)8(13)4-12/h1-3,8-9,13-14H,4,12H2. The van der Waals surface area contributed by atoms with Crippen molar-refractivity contribution in [3.05, 3.63) is 34.6 Å². The Morgan fingerprint density at radius 1 is 1.43 bits per heavy atom. The minimum Gasteiger partial charge on any atom is -0.389 e. The number of benzene rings is 1. The summed E-state index contributed by atoms with van der Waals surface area (Å²) in [5.41, 5.74) is 5.40. The summed E-state index contributed by atoms with van der Waals surface area (Å²) in [4.78, 5) is 0. The van der Waals surface area contributed by atoms with Gasteiger partial charge in [-0.3, -0.25) is 0 Å². The number of halogens is 2. The van der Waals surface area contributed by atoms with Gasteiger partial charge in [0.2, 0.25) is 0 Å². The summed E-state index contributed by atoms with van der Waals surface area (Å²) >= 11 is 5.45. The quantitative estimate of drug-likeness (QED) is 0.706. The molecule has 0 saturated carbocycles. The van der Waals surface area contributed by atoms with Crippen molar-refractivity contribution < 1.29 is 14.6 Å². The average molecular weight is 220 g/mol. The molecule has 0 aliphatic heterocycles. The van der Waals surface area contributed by atoms with E-state index in [0.717, 1.165) is 6.07 Å². The summed E-state index contributed by atoms with van der Waals surface area (Å²) < 4.78 is 13.0. The van der Waals surface area contributed by atoms with Crippen molar-refractivity contribution in [1.29, 1.82) is 0 Å². The van der Waals surface area contributed by atoms with Crippen LogP contribution in [0.15, 0.2) is 18.2 Å². The van der Waals surface area contributed by atoms with E-state index in [0.29, 0.717) is 0 Å². The molecule has 0 fully saturated rings. The van der Waals surface area contributed by atoms with Gasteiger partial charge in [-0.2, -0.15) is 0 Å². The third-order valence-electron chi connectivity index (χ3n) is 1.89. The van der Waals surface area contributed by atoms with Gasteiger partial charge in [0.15, 0.2) is 0 Å². The van der Waals surface area contributed by atoms with E-state index in [4.69, 9.17) is 17.3 Å². The molecule has 4 N–H and O–H groups in total. The lowest BCUT2D eigenvalue weighted by molar-refractivity contribution is 0.0242. The van der Waals surface area contributed by atoms with Crippen LogP contribution in [-0.4, -0.2) is 22.9 Å². The molecule has 3 nitrogen and oxygen atoms in total. The Morgan fingerprint density at radius 2 is 2.07 bits per heavy atom. The maximum atomic E-state index is 13.0. The van der Waals surface area contributed by atoms with Gasteiger partial charge in [0, 0.05) is 6.54 Å². The Balaban J connectivity index is 2.91. The molecule has 0 aromatic heterocycles. The lowest BCUT2D eigenvalue weighted by Crippen LogP contribution is -2.27. The van der Waals surface area contributed by atoms with Crippen molar-refractivity contribution in [1.82, 2.24) is 0 Å². The average Bonchev–Trinajstić information content (AvgIpc) is 2.20. The van der Waals surface area contributed by atoms with Crippen LogP contribution in [0.1, 0.15) is 11.7 Å². The van der Waals surface area contributed by atoms with Crippen molar-refractivity contribution in [2.75, 3.05) is 6.54 Å². The van der Waals surface area contributed by atoms with Crippen molar-refractivity contribution in [3.8, 4) is 0 Å². The minimum absolute atomic E-state index is 0.0248. The van der Waals surface area contributed by atoms with Crippen molar-refractivity contribution in [2.45, 2.75) is 12.2 Å². The van der Waals surface area contributed by atoms with Gasteiger partial charge in [0.25, 0.3) is 0 Å². The fraction of sp³-hybridized carbons (Fsp3) is 0.333. The summed E-state index contributed by atoms with van der Waals surface area (Å²) in [7, 11) is 0. The highest BCUT2D eigenvalue weighted by Gasteiger charge is 2.17. The molecule has 14 heavy (non-hydrogen) atoms. The Hall–Kier alpha value is -0.680. The SMILES string of the molecule is NCC(O)C(O)c1ccc(Cl)c(F)c1. The summed E-state index contributed by atoms with van der Waals surface area (Å²) in [5.74, 6) is -0.632. The molecule has 0 bridgehead atoms. The van der Waals surface area contributed by atoms with Gasteiger partial charge in [0.05, 0.1) is 11.1 Å². The second-order valence-electron chi connectivity index (χ2n) is 2.92. The first-order valence-electron chi connectivity index (χ1n) is 4.07. The van der Waals surface area contributed by atoms with Gasteiger partial charge in [-0.05, 0) is 17.7 Å². The molecule has 78 valence electrons. The van der Waals surface area contributed by atoms with Crippen LogP contribution in [0.4, 0.5) is 4.39 Å². The molecule has 1 aromatic carbocycles. The van der Waals surface area contributed by atoms with Gasteiger partial charge in [-0.15, -0.1) is 0 Å². The highest BCUT2D eigenvalue weighted by Crippen LogP contribution is 2.21. The number of rotatable bonds is 3. The van der Waals surface area contributed by atoms with Gasteiger partial charge >= 0.3 is 0 Å². The van der Waals surface area contributed by atoms with Crippen molar-refractivity contribution in [3.63, 3.8) is 0 Å². The second kappa shape index (κ2) is 4.70. The van der Waals surface area contributed by atoms with Crippen LogP contribution in [-0.2, 0) is 0 Å². The normalized spacial score (nSPS) is 15.2. The fourth-order valence-electron chi connectivity index (χ4n) is 1.05. The Labute approximate surface area is 85.9 Å². The van der Waals surface area contributed by atoms with Crippen LogP contribution in [0.25, 0.3) is 0 Å². The molecule has 0 amide bonds. The highest BCUT2D eigenvalue weighted by atomic mass is 35.5. The molecule has 0 spiro atoms. The Morgan fingerprint density at radius 3 is 2.57 bits per heavy atom. The smallest absolute Gasteiger partial charge is 0.142 e. The number of hydrogen-bond donors (Lipinski definition) is 3. The van der Waals surface area contributed by atoms with Crippen LogP contribution in [0.5, 0.6) is 0 Å². The number of nitrogens with two attached hydrogens (primary N) is 1. The van der Waals surface area contributed by atoms with E-state index >= 15 is 0 Å². The van der Waals surface area contributed by atoms with E-state index < -0.39 is 18.0 Å². The van der Waals surface area contributed by atoms with Crippen LogP contribution < -0.4 is 5.73 Å². The molecule has 0 aliphatic rings. The second-order valence-corrected chi connectivity index (χ2v) is 3.33. The van der Waals surface area contributed by atoms with E-state index in [9.17, 15) is 14.6 Å². The van der Waals surface area contributed by atoms with Gasteiger partial charge in [-0.1, -0.05) is 17.7 Å². The molecular formula is C9H11ClFNO2. The molecule has 2 atom stereocenters. The molecule has 1 rings (SSSR count). The predicted molar refractivity (Wildman–Crippen MR) is 51.4 cm³/mol. The molecule has 0 heterocycles. The number of aliphatic hydroxyl groups is 2. The topological polar surface area (TPSA) is 66.5 Å². The zero-order valence-electron chi connectivity index (χ0n) is 7.32. The van der Waals surface area contributed by atoms with Crippen LogP contribution >= 0.6 is 11.6 Å². The maximum absolute atomic E-state index is 13.0. The third kappa shape index (κ3) is 2.42. The van der Waals surface area contributed by atoms with Gasteiger partial charge in [0.1, 0.15) is 11.9 Å². The summed E-state index contributed by atoms with van der Waals surface area (Å²) in [6.07, 6.45) is -2.29. The molecular weight excluding hydrogens is 209 g/mol. The summed E-state index contributed by atoms with van der Waals surface area (Å²) in [6.45, 7) is -0.0919. The maximum Gasteiger partial charge on any atom is 0.142 e. The Kier molecular flexibility index (Phi) is 3.83. The molecule has 0 radical (unpaired) electrons. The van der Waals surface area contributed by atoms with Crippen molar-refractivity contribution in [2.24, 2.45) is 5.73 Å². The first kappa shape index (κ1) is 11.4. The van der Waals surface area contributed by atoms with Gasteiger partial charge in [-0.25, -0.2) is 4.39 Å². The van der Waals surface area contributed by atoms with Crippen LogP contribution in [0.2, 0.25) is 5.02 Å². The van der Waals surface area contributed by atoms with Gasteiger partial charge < -0.3 is 15.9 Å². The summed E-state index contributed by atoms with van der Waals surface area (Å²) in [6, 6.07) is 3.83. The summed E-state index contributed by atoms with van der Waals surface area (Å²) in [5, 5.41) is 18.6. The third-order valence-corrected chi connectivity index (χ3v) is 2.20. The fourth-order valence-corrected chi connectivity index (χ4v) is 1.16. The Bertz CT molecular complexity index is 322. The number of hydrogen-bond acceptors (Lipinski definition) is 3. The van der Waals surface area contributed by atoms with E-state index in [1.54, 1.807) is 0 Å². The first-order chi connectivity index (χ1) is 6.56. The molecule has 2 unspecified atom stereocenters. The minimum atomic E-state index is -1.19. The van der Waals surface area contributed by atoms with Crippen LogP contribution in [0, 0.1) is 5.82 Å². The van der Waals surface area contributed by atoms with E-state index in [1.807, 2.05) is 0 Å². The lowest BCUT2D eigenvalue weighted by Gasteiger charge is -2.16. The van der Waals surface area contributed by atoms with Crippen LogP contribution in [0.3, 0.4) is 0 Å². The van der Waals surface area contributed by atoms with E-state index in [-0.39, 0.29) is 17.1 Å². The first-order valence-corrected chi connectivity index (χ1v) is 4.45. The molecule has 0 saturated heterocycles. The molecule has 1 aromatic rings. The lowest BCUT2D eigenvalue weighted by atomic mass is 10.0. The zero-order valence-corrected chi connectivity index (χ0v) is 8.08. The molecule has 0 aliphatic carbocycles. The zero-order chi connectivity index (χ0) is 10.7. The molecule has 5 heteroatoms. The van der Waals surface area contributed by atoms with Crippen molar-refractivity contribution >= 4 is 11.6 Å². The van der Waals surface area contributed by atoms with E-state index in [2.05, 4.69) is 0 Å². The van der Waals surface area contributed by atoms with E-state index in [1.165, 1.54) is 12.1 Å². The highest BCUT2D eigenvalue weighted by molar-refractivity contribution is 6.30. The number of aliphatic hydroxyl groups excluding tert-OH is 2. The largest absolute Gasteiger partial charge is 0.389 e.